The first-order valence-corrected chi connectivity index (χ1v) is 2.99. The molecule has 0 aliphatic heterocycles. The zero-order valence-corrected chi connectivity index (χ0v) is 5.98. The highest BCUT2D eigenvalue weighted by atomic mass is 16.3. The first kappa shape index (κ1) is 7.14. The summed E-state index contributed by atoms with van der Waals surface area (Å²) in [6.07, 6.45) is 1.43. The second-order valence-corrected chi connectivity index (χ2v) is 2.77. The second kappa shape index (κ2) is 2.34. The van der Waals surface area contributed by atoms with Gasteiger partial charge in [-0.3, -0.25) is 0 Å². The fourth-order valence-corrected chi connectivity index (χ4v) is 0.643. The molecule has 55 valence electrons. The quantitative estimate of drug-likeness (QED) is 0.576. The number of nitrogens with zero attached hydrogens (tertiary/aromatic N) is 4. The van der Waals surface area contributed by atoms with E-state index in [0.29, 0.717) is 6.54 Å². The Morgan fingerprint density at radius 2 is 2.30 bits per heavy atom. The fraction of sp³-hybridized carbons (Fsp3) is 0.800. The molecule has 0 aliphatic rings. The average Bonchev–Trinajstić information content (AvgIpc) is 2.12. The van der Waals surface area contributed by atoms with E-state index in [2.05, 4.69) is 15.5 Å². The van der Waals surface area contributed by atoms with Crippen molar-refractivity contribution >= 4 is 0 Å². The van der Waals surface area contributed by atoms with Crippen molar-refractivity contribution in [2.75, 3.05) is 0 Å². The van der Waals surface area contributed by atoms with E-state index < -0.39 is 5.60 Å². The van der Waals surface area contributed by atoms with Gasteiger partial charge in [-0.05, 0) is 24.3 Å². The summed E-state index contributed by atoms with van der Waals surface area (Å²) in [5.74, 6) is 0. The van der Waals surface area contributed by atoms with Gasteiger partial charge in [0.2, 0.25) is 0 Å². The van der Waals surface area contributed by atoms with Crippen molar-refractivity contribution in [2.24, 2.45) is 0 Å². The Morgan fingerprint density at radius 3 is 2.70 bits per heavy atom. The van der Waals surface area contributed by atoms with Crippen LogP contribution in [-0.2, 0) is 11.7 Å². The molecule has 0 atom stereocenters. The molecule has 0 saturated heterocycles. The second-order valence-electron chi connectivity index (χ2n) is 2.77. The first-order chi connectivity index (χ1) is 4.58. The molecule has 0 bridgehead atoms. The molecule has 1 rings (SSSR count). The number of hydrogen-bond donors (Lipinski definition) is 0. The minimum absolute atomic E-state index is 0.306. The molecular formula is C5H9N4O. The average molecular weight is 141 g/mol. The Hall–Kier alpha value is -0.970. The van der Waals surface area contributed by atoms with E-state index >= 15 is 0 Å². The van der Waals surface area contributed by atoms with Crippen LogP contribution in [-0.4, -0.2) is 25.8 Å². The van der Waals surface area contributed by atoms with Gasteiger partial charge in [0.25, 0.3) is 0 Å². The Kier molecular flexibility index (Phi) is 1.67. The predicted octanol–water partition coefficient (Wildman–Crippen LogP) is -0.118. The van der Waals surface area contributed by atoms with Gasteiger partial charge in [-0.1, -0.05) is 0 Å². The zero-order valence-electron chi connectivity index (χ0n) is 5.98. The smallest absolute Gasteiger partial charge is 0.138 e. The van der Waals surface area contributed by atoms with E-state index in [1.54, 1.807) is 13.8 Å². The van der Waals surface area contributed by atoms with Crippen LogP contribution in [0.15, 0.2) is 6.33 Å². The monoisotopic (exact) mass is 141 g/mol. The van der Waals surface area contributed by atoms with Crippen LogP contribution in [0.5, 0.6) is 0 Å². The molecule has 1 radical (unpaired) electrons. The molecule has 0 saturated carbocycles. The summed E-state index contributed by atoms with van der Waals surface area (Å²) in [4.78, 5) is 0. The number of rotatable bonds is 2. The van der Waals surface area contributed by atoms with Gasteiger partial charge in [0, 0.05) is 0 Å². The van der Waals surface area contributed by atoms with E-state index in [0.717, 1.165) is 0 Å². The Balaban J connectivity index is 2.57. The Morgan fingerprint density at radius 1 is 1.60 bits per heavy atom. The molecule has 1 heterocycles. The van der Waals surface area contributed by atoms with Gasteiger partial charge < -0.3 is 0 Å². The summed E-state index contributed by atoms with van der Waals surface area (Å²) < 4.78 is 1.42. The molecule has 0 unspecified atom stereocenters. The van der Waals surface area contributed by atoms with Gasteiger partial charge in [0.15, 0.2) is 0 Å². The van der Waals surface area contributed by atoms with E-state index in [9.17, 15) is 5.11 Å². The number of aromatic nitrogens is 4. The van der Waals surface area contributed by atoms with Crippen molar-refractivity contribution in [3.63, 3.8) is 0 Å². The summed E-state index contributed by atoms with van der Waals surface area (Å²) in [6, 6.07) is 0. The summed E-state index contributed by atoms with van der Waals surface area (Å²) in [6.45, 7) is 3.49. The third-order valence-corrected chi connectivity index (χ3v) is 0.934. The van der Waals surface area contributed by atoms with Crippen LogP contribution in [0.4, 0.5) is 0 Å². The molecule has 0 spiro atoms. The van der Waals surface area contributed by atoms with Crippen LogP contribution < -0.4 is 0 Å². The van der Waals surface area contributed by atoms with Gasteiger partial charge in [-0.25, -0.2) is 9.79 Å². The zero-order chi connectivity index (χ0) is 7.61. The topological polar surface area (TPSA) is 63.5 Å². The van der Waals surface area contributed by atoms with Gasteiger partial charge in [-0.15, -0.1) is 5.10 Å². The van der Waals surface area contributed by atoms with Crippen LogP contribution >= 0.6 is 0 Å². The first-order valence-electron chi connectivity index (χ1n) is 2.99. The van der Waals surface area contributed by atoms with Gasteiger partial charge in [-0.2, -0.15) is 0 Å². The molecule has 5 heteroatoms. The number of tetrazole rings is 1. The highest BCUT2D eigenvalue weighted by molar-refractivity contribution is 4.64. The molecule has 0 fully saturated rings. The lowest BCUT2D eigenvalue weighted by Gasteiger charge is -2.11. The minimum Gasteiger partial charge on any atom is -0.229 e. The Labute approximate surface area is 58.7 Å². The molecule has 5 nitrogen and oxygen atoms in total. The summed E-state index contributed by atoms with van der Waals surface area (Å²) in [5, 5.41) is 21.4. The van der Waals surface area contributed by atoms with Gasteiger partial charge >= 0.3 is 0 Å². The van der Waals surface area contributed by atoms with Crippen molar-refractivity contribution in [1.29, 1.82) is 0 Å². The molecule has 0 N–H and O–H groups in total. The van der Waals surface area contributed by atoms with Crippen LogP contribution in [0.25, 0.3) is 0 Å². The number of hydrogen-bond acceptors (Lipinski definition) is 3. The lowest BCUT2D eigenvalue weighted by atomic mass is 10.1. The molecule has 0 amide bonds. The summed E-state index contributed by atoms with van der Waals surface area (Å²) >= 11 is 0. The maximum atomic E-state index is 11.1. The fourth-order valence-electron chi connectivity index (χ4n) is 0.643. The largest absolute Gasteiger partial charge is 0.229 e. The summed E-state index contributed by atoms with van der Waals surface area (Å²) in [5.41, 5.74) is -1.00. The van der Waals surface area contributed by atoms with Gasteiger partial charge in [0.05, 0.1) is 6.54 Å². The van der Waals surface area contributed by atoms with Crippen molar-refractivity contribution in [1.82, 2.24) is 20.2 Å². The Bertz CT molecular complexity index is 188. The molecule has 1 aromatic rings. The van der Waals surface area contributed by atoms with Crippen molar-refractivity contribution < 1.29 is 5.11 Å². The molecule has 1 aromatic heterocycles. The van der Waals surface area contributed by atoms with E-state index in [1.807, 2.05) is 0 Å². The normalized spacial score (nSPS) is 11.9. The standard InChI is InChI=1S/C5H9N4O/c1-5(2,10)3-9-4-6-7-8-9/h4H,3H2,1-2H3. The third kappa shape index (κ3) is 2.10. The molecule has 0 aliphatic carbocycles. The van der Waals surface area contributed by atoms with Crippen LogP contribution in [0.2, 0.25) is 0 Å². The summed E-state index contributed by atoms with van der Waals surface area (Å²) in [7, 11) is 0. The minimum atomic E-state index is -1.00. The lowest BCUT2D eigenvalue weighted by molar-refractivity contribution is -0.0135. The maximum absolute atomic E-state index is 11.1. The predicted molar refractivity (Wildman–Crippen MR) is 32.6 cm³/mol. The van der Waals surface area contributed by atoms with Crippen LogP contribution in [0, 0.1) is 0 Å². The highest BCUT2D eigenvalue weighted by Crippen LogP contribution is 2.03. The molecular weight excluding hydrogens is 132 g/mol. The van der Waals surface area contributed by atoms with Gasteiger partial charge in [0.1, 0.15) is 11.9 Å². The van der Waals surface area contributed by atoms with E-state index in [4.69, 9.17) is 0 Å². The lowest BCUT2D eigenvalue weighted by Crippen LogP contribution is -2.24. The third-order valence-electron chi connectivity index (χ3n) is 0.934. The SMILES string of the molecule is CC(C)([O])Cn1cnnn1. The van der Waals surface area contributed by atoms with Crippen molar-refractivity contribution in [2.45, 2.75) is 26.0 Å². The van der Waals surface area contributed by atoms with E-state index in [1.165, 1.54) is 11.0 Å². The van der Waals surface area contributed by atoms with E-state index in [-0.39, 0.29) is 0 Å². The van der Waals surface area contributed by atoms with Crippen LogP contribution in [0.3, 0.4) is 0 Å². The molecule has 10 heavy (non-hydrogen) atoms. The van der Waals surface area contributed by atoms with Crippen molar-refractivity contribution in [3.05, 3.63) is 6.33 Å². The van der Waals surface area contributed by atoms with Crippen molar-refractivity contribution in [3.8, 4) is 0 Å². The molecule has 0 aromatic carbocycles. The maximum Gasteiger partial charge on any atom is 0.138 e. The highest BCUT2D eigenvalue weighted by Gasteiger charge is 2.16. The van der Waals surface area contributed by atoms with Crippen LogP contribution in [0.1, 0.15) is 13.8 Å².